The Balaban J connectivity index is 1.89. The maximum Gasteiger partial charge on any atom is 0.326 e. The Morgan fingerprint density at radius 1 is 1.08 bits per heavy atom. The topological polar surface area (TPSA) is 158 Å². The molecule has 1 heterocycles. The second-order valence-electron chi connectivity index (χ2n) is 9.79. The van der Waals surface area contributed by atoms with E-state index in [-0.39, 0.29) is 22.5 Å². The van der Waals surface area contributed by atoms with Gasteiger partial charge in [0.05, 0.1) is 16.4 Å². The van der Waals surface area contributed by atoms with Crippen LogP contribution >= 0.6 is 0 Å². The van der Waals surface area contributed by atoms with Crippen LogP contribution in [0.3, 0.4) is 0 Å². The number of carboxylic acids is 1. The highest BCUT2D eigenvalue weighted by Crippen LogP contribution is 2.27. The van der Waals surface area contributed by atoms with Crippen LogP contribution in [0.4, 0.5) is 0 Å². The molecule has 10 nitrogen and oxygen atoms in total. The molecule has 1 fully saturated rings. The van der Waals surface area contributed by atoms with E-state index in [9.17, 15) is 36.6 Å². The molecule has 2 aromatic carbocycles. The summed E-state index contributed by atoms with van der Waals surface area (Å²) in [5, 5.41) is 21.3. The Kier molecular flexibility index (Phi) is 7.82. The first-order valence-electron chi connectivity index (χ1n) is 11.2. The van der Waals surface area contributed by atoms with Gasteiger partial charge >= 0.3 is 5.97 Å². The number of hydrogen-bond acceptors (Lipinski definition) is 7. The number of hydrogen-bond donors (Lipinski definition) is 3. The summed E-state index contributed by atoms with van der Waals surface area (Å²) in [6.45, 7) is 5.50. The number of amides is 1. The van der Waals surface area contributed by atoms with E-state index in [0.29, 0.717) is 5.56 Å². The van der Waals surface area contributed by atoms with Crippen molar-refractivity contribution in [2.24, 2.45) is 0 Å². The van der Waals surface area contributed by atoms with E-state index in [4.69, 9.17) is 0 Å². The summed E-state index contributed by atoms with van der Waals surface area (Å²) in [5.74, 6) is -3.62. The fourth-order valence-corrected chi connectivity index (χ4v) is 7.14. The minimum Gasteiger partial charge on any atom is -0.508 e. The van der Waals surface area contributed by atoms with Crippen molar-refractivity contribution in [1.82, 2.24) is 9.62 Å². The van der Waals surface area contributed by atoms with Crippen molar-refractivity contribution in [3.63, 3.8) is 0 Å². The van der Waals surface area contributed by atoms with E-state index in [2.05, 4.69) is 5.32 Å². The molecular formula is C24H30N2O8S2. The summed E-state index contributed by atoms with van der Waals surface area (Å²) in [7, 11) is -8.00. The van der Waals surface area contributed by atoms with Crippen molar-refractivity contribution in [1.29, 1.82) is 0 Å². The largest absolute Gasteiger partial charge is 0.508 e. The Morgan fingerprint density at radius 3 is 2.19 bits per heavy atom. The summed E-state index contributed by atoms with van der Waals surface area (Å²) < 4.78 is 52.3. The van der Waals surface area contributed by atoms with Crippen molar-refractivity contribution < 1.29 is 36.6 Å². The van der Waals surface area contributed by atoms with Gasteiger partial charge < -0.3 is 15.5 Å². The smallest absolute Gasteiger partial charge is 0.326 e. The molecule has 3 N–H and O–H groups in total. The zero-order valence-electron chi connectivity index (χ0n) is 20.2. The number of carboxylic acid groups (broad SMARTS) is 1. The molecule has 3 rings (SSSR count). The molecule has 0 bridgehead atoms. The van der Waals surface area contributed by atoms with Crippen molar-refractivity contribution in [3.05, 3.63) is 59.7 Å². The van der Waals surface area contributed by atoms with Crippen molar-refractivity contribution >= 4 is 31.7 Å². The van der Waals surface area contributed by atoms with Gasteiger partial charge in [0.25, 0.3) is 0 Å². The Hall–Kier alpha value is -2.96. The fraction of sp³-hybridized carbons (Fsp3) is 0.417. The molecule has 2 atom stereocenters. The van der Waals surface area contributed by atoms with E-state index in [0.717, 1.165) is 9.87 Å². The molecule has 1 saturated heterocycles. The van der Waals surface area contributed by atoms with Crippen LogP contribution in [0.25, 0.3) is 0 Å². The number of aromatic hydroxyl groups is 1. The summed E-state index contributed by atoms with van der Waals surface area (Å²) in [6.07, 6.45) is -0.151. The monoisotopic (exact) mass is 538 g/mol. The first-order valence-corrected chi connectivity index (χ1v) is 14.5. The van der Waals surface area contributed by atoms with Crippen LogP contribution < -0.4 is 5.32 Å². The maximum atomic E-state index is 13.4. The van der Waals surface area contributed by atoms with Crippen molar-refractivity contribution in [2.45, 2.75) is 49.6 Å². The number of rotatable bonds is 7. The lowest BCUT2D eigenvalue weighted by molar-refractivity contribution is -0.142. The number of phenols is 1. The van der Waals surface area contributed by atoms with Gasteiger partial charge in [0, 0.05) is 13.0 Å². The fourth-order valence-electron chi connectivity index (χ4n) is 3.88. The number of sulfonamides is 1. The molecule has 0 aliphatic carbocycles. The van der Waals surface area contributed by atoms with Crippen LogP contribution in [0.15, 0.2) is 53.4 Å². The summed E-state index contributed by atoms with van der Waals surface area (Å²) in [6, 6.07) is 8.80. The van der Waals surface area contributed by atoms with Gasteiger partial charge in [-0.1, -0.05) is 45.0 Å². The normalized spacial score (nSPS) is 19.4. The number of carbonyl (C=O) groups excluding carboxylic acids is 1. The lowest BCUT2D eigenvalue weighted by Crippen LogP contribution is -2.59. The van der Waals surface area contributed by atoms with Gasteiger partial charge in [0.1, 0.15) is 17.8 Å². The molecule has 0 radical (unpaired) electrons. The highest BCUT2D eigenvalue weighted by molar-refractivity contribution is 7.92. The van der Waals surface area contributed by atoms with Crippen LogP contribution in [0.5, 0.6) is 5.75 Å². The highest BCUT2D eigenvalue weighted by Gasteiger charge is 2.43. The third-order valence-electron chi connectivity index (χ3n) is 6.00. The van der Waals surface area contributed by atoms with Crippen molar-refractivity contribution in [3.8, 4) is 5.75 Å². The molecule has 2 aromatic rings. The van der Waals surface area contributed by atoms with Crippen LogP contribution in [0, 0.1) is 0 Å². The van der Waals surface area contributed by atoms with Gasteiger partial charge in [0.2, 0.25) is 15.9 Å². The molecule has 0 saturated carbocycles. The lowest BCUT2D eigenvalue weighted by atomic mass is 9.87. The number of benzene rings is 2. The average Bonchev–Trinajstić information content (AvgIpc) is 2.78. The van der Waals surface area contributed by atoms with Gasteiger partial charge in [0.15, 0.2) is 9.84 Å². The third kappa shape index (κ3) is 6.42. The minimum atomic E-state index is -4.26. The Morgan fingerprint density at radius 2 is 1.67 bits per heavy atom. The van der Waals surface area contributed by atoms with Crippen molar-refractivity contribution in [2.75, 3.05) is 18.1 Å². The molecule has 1 aliphatic heterocycles. The summed E-state index contributed by atoms with van der Waals surface area (Å²) in [5.41, 5.74) is 1.18. The molecule has 12 heteroatoms. The Bertz CT molecular complexity index is 1330. The van der Waals surface area contributed by atoms with Crippen LogP contribution in [0.2, 0.25) is 0 Å². The predicted octanol–water partition coefficient (Wildman–Crippen LogP) is 1.29. The maximum absolute atomic E-state index is 13.4. The van der Waals surface area contributed by atoms with Gasteiger partial charge in [-0.2, -0.15) is 4.31 Å². The number of sulfone groups is 1. The number of carbonyl (C=O) groups is 2. The van der Waals surface area contributed by atoms with Crippen LogP contribution in [-0.2, 0) is 41.3 Å². The zero-order chi connectivity index (χ0) is 26.9. The first kappa shape index (κ1) is 27.6. The standard InChI is InChI=1S/C24H30N2O8S2/c1-24(2,3)17-6-10-19(11-7-17)36(33,34)26-12-13-35(31,32)15-21(26)22(28)25-20(23(29)30)14-16-4-8-18(27)9-5-16/h4-11,20-21,27H,12-15H2,1-3H3,(H,25,28)(H,29,30)/t20-,21-/m0/s1. The van der Waals surface area contributed by atoms with Crippen LogP contribution in [0.1, 0.15) is 31.9 Å². The quantitative estimate of drug-likeness (QED) is 0.476. The number of aliphatic carboxylic acids is 1. The molecule has 0 aromatic heterocycles. The van der Waals surface area contributed by atoms with Gasteiger partial charge in [-0.15, -0.1) is 0 Å². The molecule has 36 heavy (non-hydrogen) atoms. The highest BCUT2D eigenvalue weighted by atomic mass is 32.2. The number of phenolic OH excluding ortho intramolecular Hbond substituents is 1. The molecule has 0 spiro atoms. The summed E-state index contributed by atoms with van der Waals surface area (Å²) >= 11 is 0. The molecular weight excluding hydrogens is 508 g/mol. The van der Waals surface area contributed by atoms with E-state index in [1.165, 1.54) is 36.4 Å². The predicted molar refractivity (Wildman–Crippen MR) is 133 cm³/mol. The molecule has 1 aliphatic rings. The van der Waals surface area contributed by atoms with E-state index >= 15 is 0 Å². The number of nitrogens with zero attached hydrogens (tertiary/aromatic N) is 1. The second kappa shape index (κ2) is 10.2. The van der Waals surface area contributed by atoms with Crippen LogP contribution in [-0.4, -0.2) is 73.4 Å². The average molecular weight is 539 g/mol. The summed E-state index contributed by atoms with van der Waals surface area (Å²) in [4.78, 5) is 24.9. The van der Waals surface area contributed by atoms with E-state index < -0.39 is 61.9 Å². The third-order valence-corrected chi connectivity index (χ3v) is 9.55. The Labute approximate surface area is 210 Å². The number of nitrogens with one attached hydrogen (secondary N) is 1. The zero-order valence-corrected chi connectivity index (χ0v) is 21.8. The van der Waals surface area contributed by atoms with E-state index in [1.54, 1.807) is 12.1 Å². The van der Waals surface area contributed by atoms with Gasteiger partial charge in [-0.25, -0.2) is 21.6 Å². The lowest BCUT2D eigenvalue weighted by Gasteiger charge is -2.34. The SMILES string of the molecule is CC(C)(C)c1ccc(S(=O)(=O)N2CCS(=O)(=O)C[C@H]2C(=O)N[C@@H](Cc2ccc(O)cc2)C(=O)O)cc1. The molecule has 196 valence electrons. The minimum absolute atomic E-state index is 0.0153. The second-order valence-corrected chi connectivity index (χ2v) is 13.9. The molecule has 1 amide bonds. The van der Waals surface area contributed by atoms with E-state index in [1.807, 2.05) is 20.8 Å². The van der Waals surface area contributed by atoms with Gasteiger partial charge in [-0.3, -0.25) is 4.79 Å². The molecule has 0 unspecified atom stereocenters. The first-order chi connectivity index (χ1) is 16.6. The van der Waals surface area contributed by atoms with Gasteiger partial charge in [-0.05, 0) is 40.8 Å².